The van der Waals surface area contributed by atoms with Gasteiger partial charge in [0.05, 0.1) is 22.7 Å². The Morgan fingerprint density at radius 2 is 0.693 bits per heavy atom. The molecule has 0 amide bonds. The zero-order valence-electron chi connectivity index (χ0n) is 41.2. The summed E-state index contributed by atoms with van der Waals surface area (Å²) in [5.74, 6) is 0. The number of benzene rings is 12. The molecule has 12 aromatic carbocycles. The maximum absolute atomic E-state index is 7.35. The summed E-state index contributed by atoms with van der Waals surface area (Å²) < 4.78 is 21.6. The molecule has 5 nitrogen and oxygen atoms in total. The van der Waals surface area contributed by atoms with E-state index < -0.39 is 0 Å². The van der Waals surface area contributed by atoms with E-state index in [-0.39, 0.29) is 0 Å². The summed E-state index contributed by atoms with van der Waals surface area (Å²) in [6.45, 7) is 4.33. The van der Waals surface area contributed by atoms with Crippen LogP contribution < -0.4 is 9.80 Å². The molecule has 0 atom stereocenters. The zero-order valence-corrected chi connectivity index (χ0v) is 41.2. The number of anilines is 6. The summed E-state index contributed by atoms with van der Waals surface area (Å²) >= 11 is 0. The average Bonchev–Trinajstić information content (AvgIpc) is 4.17. The Kier molecular flexibility index (Phi) is 9.63. The Morgan fingerprint density at radius 1 is 0.280 bits per heavy atom. The fourth-order valence-electron chi connectivity index (χ4n) is 11.9. The predicted octanol–water partition coefficient (Wildman–Crippen LogP) is 20.6. The first kappa shape index (κ1) is 42.8. The van der Waals surface area contributed by atoms with Crippen LogP contribution in [0.5, 0.6) is 0 Å². The van der Waals surface area contributed by atoms with Crippen LogP contribution in [0.3, 0.4) is 0 Å². The second-order valence-electron chi connectivity index (χ2n) is 19.6. The second kappa shape index (κ2) is 16.9. The highest BCUT2D eigenvalue weighted by atomic mass is 16.3. The molecule has 0 spiro atoms. The zero-order chi connectivity index (χ0) is 49.7. The molecule has 0 aliphatic rings. The third kappa shape index (κ3) is 6.64. The first-order chi connectivity index (χ1) is 37.1. The van der Waals surface area contributed by atoms with E-state index in [1.807, 2.05) is 0 Å². The number of hydrogen-bond acceptors (Lipinski definition) is 5. The molecule has 0 fully saturated rings. The van der Waals surface area contributed by atoms with Crippen molar-refractivity contribution in [3.63, 3.8) is 0 Å². The maximum Gasteiger partial charge on any atom is 0.159 e. The van der Waals surface area contributed by atoms with Crippen molar-refractivity contribution in [2.45, 2.75) is 13.8 Å². The van der Waals surface area contributed by atoms with Gasteiger partial charge < -0.3 is 23.1 Å². The highest BCUT2D eigenvalue weighted by molar-refractivity contribution is 6.31. The van der Waals surface area contributed by atoms with Crippen LogP contribution >= 0.6 is 0 Å². The molecular weight excluding hydrogens is 917 g/mol. The molecule has 3 aromatic heterocycles. The van der Waals surface area contributed by atoms with E-state index in [0.717, 1.165) is 155 Å². The quantitative estimate of drug-likeness (QED) is 0.152. The lowest BCUT2D eigenvalue weighted by Gasteiger charge is -2.28. The second-order valence-corrected chi connectivity index (χ2v) is 19.6. The Hall–Kier alpha value is -9.84. The van der Waals surface area contributed by atoms with Crippen molar-refractivity contribution >= 4 is 121 Å². The van der Waals surface area contributed by atoms with Gasteiger partial charge in [0.15, 0.2) is 11.2 Å². The first-order valence-electron chi connectivity index (χ1n) is 25.6. The van der Waals surface area contributed by atoms with Crippen LogP contribution in [-0.2, 0) is 0 Å². The van der Waals surface area contributed by atoms with E-state index >= 15 is 0 Å². The molecule has 0 N–H and O–H groups in total. The van der Waals surface area contributed by atoms with Crippen molar-refractivity contribution in [2.75, 3.05) is 9.80 Å². The lowest BCUT2D eigenvalue weighted by molar-refractivity contribution is 0.668. The van der Waals surface area contributed by atoms with Crippen LogP contribution in [0.25, 0.3) is 110 Å². The molecular formula is C70H46N2O3. The molecule has 3 heterocycles. The third-order valence-corrected chi connectivity index (χ3v) is 15.2. The van der Waals surface area contributed by atoms with Crippen LogP contribution in [0.1, 0.15) is 11.1 Å². The number of aryl methyl sites for hydroxylation is 2. The van der Waals surface area contributed by atoms with Gasteiger partial charge in [-0.1, -0.05) is 200 Å². The Morgan fingerprint density at radius 3 is 1.23 bits per heavy atom. The summed E-state index contributed by atoms with van der Waals surface area (Å²) in [6, 6.07) is 86.2. The van der Waals surface area contributed by atoms with Crippen LogP contribution in [0, 0.1) is 13.8 Å². The van der Waals surface area contributed by atoms with Crippen molar-refractivity contribution in [1.82, 2.24) is 0 Å². The van der Waals surface area contributed by atoms with Crippen LogP contribution in [0.4, 0.5) is 34.1 Å². The van der Waals surface area contributed by atoms with Gasteiger partial charge >= 0.3 is 0 Å². The SMILES string of the molecule is Cc1cccc(N(c2cc3oc4cc(N(c5ccccc5C)c5cccc6c5oc5c(-c7ccccc7)cccc56)c5ccccc5c4c3c3ccccc23)c2cccc3c2oc2c(-c4ccccc4)cccc23)c1. The van der Waals surface area contributed by atoms with E-state index in [4.69, 9.17) is 13.3 Å². The summed E-state index contributed by atoms with van der Waals surface area (Å²) in [5.41, 5.74) is 17.5. The van der Waals surface area contributed by atoms with Gasteiger partial charge in [-0.25, -0.2) is 0 Å². The molecule has 0 aliphatic carbocycles. The van der Waals surface area contributed by atoms with Gasteiger partial charge in [0, 0.05) is 77.7 Å². The largest absolute Gasteiger partial charge is 0.456 e. The highest BCUT2D eigenvalue weighted by Crippen LogP contribution is 2.52. The number of para-hydroxylation sites is 5. The number of rotatable bonds is 8. The van der Waals surface area contributed by atoms with Gasteiger partial charge in [-0.2, -0.15) is 0 Å². The Balaban J connectivity index is 0.991. The van der Waals surface area contributed by atoms with Crippen molar-refractivity contribution in [3.05, 3.63) is 254 Å². The normalized spacial score (nSPS) is 11.9. The minimum absolute atomic E-state index is 0.789. The third-order valence-electron chi connectivity index (χ3n) is 15.2. The topological polar surface area (TPSA) is 45.9 Å². The lowest BCUT2D eigenvalue weighted by atomic mass is 9.96. The fraction of sp³-hybridized carbons (Fsp3) is 0.0286. The van der Waals surface area contributed by atoms with Gasteiger partial charge in [-0.15, -0.1) is 0 Å². The number of fused-ring (bicyclic) bond motifs is 13. The van der Waals surface area contributed by atoms with Gasteiger partial charge in [0.2, 0.25) is 0 Å². The van der Waals surface area contributed by atoms with Crippen molar-refractivity contribution in [2.24, 2.45) is 0 Å². The molecule has 0 unspecified atom stereocenters. The first-order valence-corrected chi connectivity index (χ1v) is 25.6. The molecule has 15 rings (SSSR count). The number of nitrogens with zero attached hydrogens (tertiary/aromatic N) is 2. The minimum atomic E-state index is 0.789. The standard InChI is InChI=1S/C70H46N2O3/c1-43-20-15-26-47(40-43)71(59-38-18-35-56-54-33-16-31-48(67(54)74-69(56)59)45-22-5-3-6-23-45)61-41-63-65(52-29-12-10-27-50(52)61)66-53-30-13-11-28-51(53)62(42-64(66)73-63)72(58-37-14-9-21-44(58)2)60-39-19-36-57-55-34-17-32-49(68(55)75-70(57)60)46-24-7-4-8-25-46/h3-42H,1-2H3. The van der Waals surface area contributed by atoms with E-state index in [2.05, 4.69) is 266 Å². The van der Waals surface area contributed by atoms with Gasteiger partial charge in [0.25, 0.3) is 0 Å². The molecule has 354 valence electrons. The Labute approximate surface area is 432 Å². The summed E-state index contributed by atoms with van der Waals surface area (Å²) in [5, 5.41) is 10.8. The molecule has 5 heteroatoms. The van der Waals surface area contributed by atoms with Crippen molar-refractivity contribution < 1.29 is 13.3 Å². The molecule has 0 aliphatic heterocycles. The minimum Gasteiger partial charge on any atom is -0.456 e. The molecule has 15 aromatic rings. The smallest absolute Gasteiger partial charge is 0.159 e. The Bertz CT molecular complexity index is 4760. The van der Waals surface area contributed by atoms with Crippen molar-refractivity contribution in [1.29, 1.82) is 0 Å². The molecule has 0 saturated heterocycles. The summed E-state index contributed by atoms with van der Waals surface area (Å²) in [7, 11) is 0. The van der Waals surface area contributed by atoms with Gasteiger partial charge in [-0.05, 0) is 77.2 Å². The molecule has 0 radical (unpaired) electrons. The molecule has 0 bridgehead atoms. The lowest BCUT2D eigenvalue weighted by Crippen LogP contribution is -2.12. The van der Waals surface area contributed by atoms with Crippen LogP contribution in [0.15, 0.2) is 256 Å². The monoisotopic (exact) mass is 962 g/mol. The predicted molar refractivity (Wildman–Crippen MR) is 313 cm³/mol. The van der Waals surface area contributed by atoms with Crippen LogP contribution in [-0.4, -0.2) is 0 Å². The van der Waals surface area contributed by atoms with E-state index in [1.54, 1.807) is 0 Å². The van der Waals surface area contributed by atoms with E-state index in [9.17, 15) is 0 Å². The molecule has 75 heavy (non-hydrogen) atoms. The number of hydrogen-bond donors (Lipinski definition) is 0. The molecule has 0 saturated carbocycles. The number of furan rings is 3. The van der Waals surface area contributed by atoms with Crippen molar-refractivity contribution in [3.8, 4) is 22.3 Å². The fourth-order valence-corrected chi connectivity index (χ4v) is 11.9. The highest BCUT2D eigenvalue weighted by Gasteiger charge is 2.28. The van der Waals surface area contributed by atoms with Gasteiger partial charge in [-0.3, -0.25) is 0 Å². The maximum atomic E-state index is 7.35. The van der Waals surface area contributed by atoms with E-state index in [0.29, 0.717) is 0 Å². The van der Waals surface area contributed by atoms with E-state index in [1.165, 1.54) is 0 Å². The summed E-state index contributed by atoms with van der Waals surface area (Å²) in [6.07, 6.45) is 0. The summed E-state index contributed by atoms with van der Waals surface area (Å²) in [4.78, 5) is 4.73. The average molecular weight is 963 g/mol. The van der Waals surface area contributed by atoms with Gasteiger partial charge in [0.1, 0.15) is 22.3 Å². The van der Waals surface area contributed by atoms with Crippen LogP contribution in [0.2, 0.25) is 0 Å².